The van der Waals surface area contributed by atoms with Gasteiger partial charge in [-0.25, -0.2) is 4.57 Å². The summed E-state index contributed by atoms with van der Waals surface area (Å²) in [6.45, 7) is 2.38. The van der Waals surface area contributed by atoms with Gasteiger partial charge >= 0.3 is 0 Å². The number of pyridine rings is 1. The van der Waals surface area contributed by atoms with Crippen molar-refractivity contribution in [2.45, 2.75) is 13.5 Å². The second kappa shape index (κ2) is 4.26. The molecule has 4 heteroatoms. The Hall–Kier alpha value is -1.97. The second-order valence-corrected chi connectivity index (χ2v) is 3.78. The van der Waals surface area contributed by atoms with Crippen molar-refractivity contribution < 1.29 is 4.57 Å². The number of aromatic nitrogens is 3. The third-order valence-electron chi connectivity index (χ3n) is 2.53. The summed E-state index contributed by atoms with van der Waals surface area (Å²) >= 11 is 0. The van der Waals surface area contributed by atoms with Crippen LogP contribution in [0.15, 0.2) is 41.6 Å². The number of nitrogens with zero attached hydrogens (tertiary/aromatic N) is 3. The van der Waals surface area contributed by atoms with Gasteiger partial charge in [0.25, 0.3) is 5.56 Å². The molecule has 0 aromatic carbocycles. The summed E-state index contributed by atoms with van der Waals surface area (Å²) in [5.74, 6) is 0.729. The molecule has 0 bridgehead atoms. The fraction of sp³-hybridized carbons (Fsp3) is 0.250. The van der Waals surface area contributed by atoms with Crippen LogP contribution in [0.3, 0.4) is 0 Å². The van der Waals surface area contributed by atoms with Gasteiger partial charge < -0.3 is 4.57 Å². The lowest BCUT2D eigenvalue weighted by Gasteiger charge is -2.03. The number of hydrogen-bond acceptors (Lipinski definition) is 2. The Morgan fingerprint density at radius 2 is 2.00 bits per heavy atom. The SMILES string of the molecule is Cc1nc(=O)c(C[n+]2ccccc2)cn1C. The van der Waals surface area contributed by atoms with Gasteiger partial charge in [0.2, 0.25) is 0 Å². The minimum atomic E-state index is -0.146. The highest BCUT2D eigenvalue weighted by Crippen LogP contribution is 1.93. The van der Waals surface area contributed by atoms with Crippen molar-refractivity contribution >= 4 is 0 Å². The fourth-order valence-corrected chi connectivity index (χ4v) is 1.52. The third-order valence-corrected chi connectivity index (χ3v) is 2.53. The molecule has 0 aliphatic heterocycles. The predicted molar refractivity (Wildman–Crippen MR) is 60.0 cm³/mol. The van der Waals surface area contributed by atoms with E-state index in [1.807, 2.05) is 59.9 Å². The first-order valence-electron chi connectivity index (χ1n) is 5.14. The monoisotopic (exact) mass is 216 g/mol. The molecule has 0 fully saturated rings. The maximum Gasteiger partial charge on any atom is 0.282 e. The minimum Gasteiger partial charge on any atom is -0.339 e. The van der Waals surface area contributed by atoms with E-state index < -0.39 is 0 Å². The molecule has 0 spiro atoms. The van der Waals surface area contributed by atoms with Crippen molar-refractivity contribution in [1.29, 1.82) is 0 Å². The van der Waals surface area contributed by atoms with Crippen LogP contribution < -0.4 is 10.1 Å². The van der Waals surface area contributed by atoms with E-state index in [-0.39, 0.29) is 5.56 Å². The fourth-order valence-electron chi connectivity index (χ4n) is 1.52. The summed E-state index contributed by atoms with van der Waals surface area (Å²) in [6.07, 6.45) is 5.70. The minimum absolute atomic E-state index is 0.146. The molecule has 0 saturated carbocycles. The Bertz CT molecular complexity index is 546. The highest BCUT2D eigenvalue weighted by Gasteiger charge is 2.08. The van der Waals surface area contributed by atoms with Gasteiger partial charge in [-0.2, -0.15) is 4.98 Å². The van der Waals surface area contributed by atoms with Crippen LogP contribution >= 0.6 is 0 Å². The van der Waals surface area contributed by atoms with Crippen molar-refractivity contribution in [1.82, 2.24) is 9.55 Å². The van der Waals surface area contributed by atoms with Crippen molar-refractivity contribution in [3.8, 4) is 0 Å². The Balaban J connectivity index is 2.36. The van der Waals surface area contributed by atoms with E-state index in [1.165, 1.54) is 0 Å². The van der Waals surface area contributed by atoms with E-state index >= 15 is 0 Å². The van der Waals surface area contributed by atoms with Crippen LogP contribution in [0, 0.1) is 6.92 Å². The van der Waals surface area contributed by atoms with Gasteiger partial charge in [-0.05, 0) is 6.92 Å². The molecule has 0 atom stereocenters. The topological polar surface area (TPSA) is 38.8 Å². The van der Waals surface area contributed by atoms with Gasteiger partial charge in [0.1, 0.15) is 11.4 Å². The first-order valence-corrected chi connectivity index (χ1v) is 5.14. The van der Waals surface area contributed by atoms with Crippen LogP contribution in [0.2, 0.25) is 0 Å². The molecular formula is C12H14N3O+. The zero-order valence-electron chi connectivity index (χ0n) is 9.42. The summed E-state index contributed by atoms with van der Waals surface area (Å²) in [4.78, 5) is 15.6. The number of aryl methyl sites for hydroxylation is 2. The molecule has 0 unspecified atom stereocenters. The molecule has 0 aliphatic carbocycles. The predicted octanol–water partition coefficient (Wildman–Crippen LogP) is 0.425. The van der Waals surface area contributed by atoms with E-state index in [1.54, 1.807) is 0 Å². The lowest BCUT2D eigenvalue weighted by Crippen LogP contribution is -2.36. The molecule has 2 aromatic heterocycles. The van der Waals surface area contributed by atoms with E-state index in [0.717, 1.165) is 5.82 Å². The summed E-state index contributed by atoms with van der Waals surface area (Å²) in [5, 5.41) is 0. The zero-order chi connectivity index (χ0) is 11.5. The molecule has 0 aliphatic rings. The first kappa shape index (κ1) is 10.5. The van der Waals surface area contributed by atoms with E-state index in [4.69, 9.17) is 0 Å². The summed E-state index contributed by atoms with van der Waals surface area (Å²) in [6, 6.07) is 5.82. The zero-order valence-corrected chi connectivity index (χ0v) is 9.42. The van der Waals surface area contributed by atoms with Crippen LogP contribution in [-0.4, -0.2) is 9.55 Å². The van der Waals surface area contributed by atoms with Gasteiger partial charge in [0.05, 0.1) is 0 Å². The summed E-state index contributed by atoms with van der Waals surface area (Å²) in [7, 11) is 1.89. The van der Waals surface area contributed by atoms with E-state index in [0.29, 0.717) is 12.1 Å². The summed E-state index contributed by atoms with van der Waals surface area (Å²) < 4.78 is 3.81. The highest BCUT2D eigenvalue weighted by atomic mass is 16.1. The maximum atomic E-state index is 11.7. The quantitative estimate of drug-likeness (QED) is 0.683. The number of rotatable bonds is 2. The molecule has 0 radical (unpaired) electrons. The standard InChI is InChI=1S/C12H14N3O/c1-10-13-12(16)11(8-14(10)2)9-15-6-4-3-5-7-15/h3-8H,9H2,1-2H3/q+1. The lowest BCUT2D eigenvalue weighted by atomic mass is 10.3. The Morgan fingerprint density at radius 1 is 1.31 bits per heavy atom. The Morgan fingerprint density at radius 3 is 2.69 bits per heavy atom. The summed E-state index contributed by atoms with van der Waals surface area (Å²) in [5.41, 5.74) is 0.552. The van der Waals surface area contributed by atoms with Crippen molar-refractivity contribution in [2.75, 3.05) is 0 Å². The van der Waals surface area contributed by atoms with E-state index in [2.05, 4.69) is 4.98 Å². The molecular weight excluding hydrogens is 202 g/mol. The van der Waals surface area contributed by atoms with Crippen LogP contribution in [0.25, 0.3) is 0 Å². The molecule has 2 aromatic rings. The average Bonchev–Trinajstić information content (AvgIpc) is 2.27. The van der Waals surface area contributed by atoms with Crippen LogP contribution in [0.5, 0.6) is 0 Å². The maximum absolute atomic E-state index is 11.7. The van der Waals surface area contributed by atoms with Crippen LogP contribution in [-0.2, 0) is 13.6 Å². The van der Waals surface area contributed by atoms with E-state index in [9.17, 15) is 4.79 Å². The highest BCUT2D eigenvalue weighted by molar-refractivity contribution is 5.05. The van der Waals surface area contributed by atoms with Gasteiger partial charge in [-0.3, -0.25) is 4.79 Å². The molecule has 2 heterocycles. The average molecular weight is 216 g/mol. The number of hydrogen-bond donors (Lipinski definition) is 0. The Kier molecular flexibility index (Phi) is 2.81. The van der Waals surface area contributed by atoms with Gasteiger partial charge in [0.15, 0.2) is 18.9 Å². The van der Waals surface area contributed by atoms with Crippen LogP contribution in [0.1, 0.15) is 11.4 Å². The molecule has 0 saturated heterocycles. The largest absolute Gasteiger partial charge is 0.339 e. The van der Waals surface area contributed by atoms with Gasteiger partial charge in [-0.1, -0.05) is 6.07 Å². The Labute approximate surface area is 93.8 Å². The van der Waals surface area contributed by atoms with Crippen molar-refractivity contribution in [3.05, 3.63) is 58.5 Å². The van der Waals surface area contributed by atoms with Gasteiger partial charge in [-0.15, -0.1) is 0 Å². The lowest BCUT2D eigenvalue weighted by molar-refractivity contribution is -0.688. The molecule has 82 valence electrons. The molecule has 0 amide bonds. The van der Waals surface area contributed by atoms with Crippen molar-refractivity contribution in [2.24, 2.45) is 7.05 Å². The second-order valence-electron chi connectivity index (χ2n) is 3.78. The molecule has 16 heavy (non-hydrogen) atoms. The van der Waals surface area contributed by atoms with Crippen molar-refractivity contribution in [3.63, 3.8) is 0 Å². The molecule has 2 rings (SSSR count). The normalized spacial score (nSPS) is 10.4. The van der Waals surface area contributed by atoms with Crippen LogP contribution in [0.4, 0.5) is 0 Å². The smallest absolute Gasteiger partial charge is 0.282 e. The van der Waals surface area contributed by atoms with Gasteiger partial charge in [0, 0.05) is 25.4 Å². The molecule has 0 N–H and O–H groups in total. The molecule has 4 nitrogen and oxygen atoms in total. The third kappa shape index (κ3) is 2.16. The first-order chi connectivity index (χ1) is 7.66.